The summed E-state index contributed by atoms with van der Waals surface area (Å²) in [5, 5.41) is 23.4. The summed E-state index contributed by atoms with van der Waals surface area (Å²) >= 11 is 1.57. The number of aliphatic carboxylic acids is 1. The van der Waals surface area contributed by atoms with Crippen LogP contribution in [0, 0.1) is 11.3 Å². The lowest BCUT2D eigenvalue weighted by Gasteiger charge is -2.23. The molecular weight excluding hydrogens is 496 g/mol. The van der Waals surface area contributed by atoms with E-state index in [2.05, 4.69) is 34.5 Å². The second kappa shape index (κ2) is 11.3. The van der Waals surface area contributed by atoms with Crippen LogP contribution < -0.4 is 10.2 Å². The van der Waals surface area contributed by atoms with Gasteiger partial charge in [-0.3, -0.25) is 9.59 Å². The van der Waals surface area contributed by atoms with Gasteiger partial charge in [-0.25, -0.2) is 4.98 Å². The first kappa shape index (κ1) is 25.2. The summed E-state index contributed by atoms with van der Waals surface area (Å²) in [6, 6.07) is 23.6. The molecule has 5 rings (SSSR count). The van der Waals surface area contributed by atoms with E-state index in [1.165, 1.54) is 17.5 Å². The highest BCUT2D eigenvalue weighted by Gasteiger charge is 2.19. The van der Waals surface area contributed by atoms with E-state index in [1.54, 1.807) is 35.6 Å². The number of carbonyl (C=O) groups excluding carboxylic acids is 1. The van der Waals surface area contributed by atoms with Gasteiger partial charge in [-0.2, -0.15) is 5.26 Å². The number of rotatable bonds is 9. The number of carbonyl (C=O) groups is 2. The Balaban J connectivity index is 1.40. The summed E-state index contributed by atoms with van der Waals surface area (Å²) in [6.07, 6.45) is 3.26. The van der Waals surface area contributed by atoms with Gasteiger partial charge in [0.05, 0.1) is 30.3 Å². The lowest BCUT2D eigenvalue weighted by molar-refractivity contribution is -0.136. The van der Waals surface area contributed by atoms with Crippen molar-refractivity contribution in [1.29, 1.82) is 5.26 Å². The van der Waals surface area contributed by atoms with E-state index in [9.17, 15) is 9.59 Å². The Morgan fingerprint density at radius 3 is 2.53 bits per heavy atom. The van der Waals surface area contributed by atoms with Crippen molar-refractivity contribution < 1.29 is 14.7 Å². The lowest BCUT2D eigenvalue weighted by Crippen LogP contribution is -2.26. The van der Waals surface area contributed by atoms with Crippen molar-refractivity contribution in [3.05, 3.63) is 99.9 Å². The molecule has 0 fully saturated rings. The van der Waals surface area contributed by atoms with Gasteiger partial charge in [-0.1, -0.05) is 30.3 Å². The molecule has 1 amide bonds. The van der Waals surface area contributed by atoms with Crippen molar-refractivity contribution in [3.8, 4) is 17.3 Å². The van der Waals surface area contributed by atoms with Gasteiger partial charge in [0.1, 0.15) is 0 Å². The molecule has 1 heterocycles. The molecule has 1 aliphatic carbocycles. The second-order valence-corrected chi connectivity index (χ2v) is 10.0. The zero-order valence-corrected chi connectivity index (χ0v) is 21.5. The maximum Gasteiger partial charge on any atom is 0.305 e. The number of nitrogens with zero attached hydrogens (tertiary/aromatic N) is 3. The second-order valence-electron chi connectivity index (χ2n) is 9.19. The molecule has 0 unspecified atom stereocenters. The number of thiazole rings is 1. The third-order valence-electron chi connectivity index (χ3n) is 6.61. The lowest BCUT2D eigenvalue weighted by atomic mass is 10.1. The van der Waals surface area contributed by atoms with E-state index in [-0.39, 0.29) is 18.9 Å². The van der Waals surface area contributed by atoms with Crippen LogP contribution in [-0.4, -0.2) is 28.5 Å². The van der Waals surface area contributed by atoms with Crippen molar-refractivity contribution in [2.24, 2.45) is 0 Å². The number of hydrogen-bond donors (Lipinski definition) is 2. The molecule has 0 atom stereocenters. The standard InChI is InChI=1S/C30H26N4O3S/c31-17-20-4-8-23(9-5-20)27-19-38-30(33-27)34(26-13-12-22-2-1-3-25(22)16-26)18-21-6-10-24(11-7-21)29(37)32-15-14-28(35)36/h4-13,16,19H,1-3,14-15,18H2,(H,32,37)(H,35,36). The molecule has 4 aromatic rings. The van der Waals surface area contributed by atoms with Crippen LogP contribution in [0.25, 0.3) is 11.3 Å². The Morgan fingerprint density at radius 1 is 1.03 bits per heavy atom. The highest BCUT2D eigenvalue weighted by Crippen LogP contribution is 2.36. The number of hydrogen-bond acceptors (Lipinski definition) is 6. The summed E-state index contributed by atoms with van der Waals surface area (Å²) in [7, 11) is 0. The molecule has 0 saturated heterocycles. The van der Waals surface area contributed by atoms with Crippen molar-refractivity contribution in [2.45, 2.75) is 32.2 Å². The minimum atomic E-state index is -0.947. The molecule has 0 saturated carbocycles. The molecular formula is C30H26N4O3S. The summed E-state index contributed by atoms with van der Waals surface area (Å²) in [5.74, 6) is -1.24. The summed E-state index contributed by atoms with van der Waals surface area (Å²) in [4.78, 5) is 30.2. The normalized spacial score (nSPS) is 12.0. The number of aromatic nitrogens is 1. The van der Waals surface area contributed by atoms with E-state index in [1.807, 2.05) is 29.6 Å². The number of fused-ring (bicyclic) bond motifs is 1. The van der Waals surface area contributed by atoms with Crippen molar-refractivity contribution in [3.63, 3.8) is 0 Å². The summed E-state index contributed by atoms with van der Waals surface area (Å²) in [5.41, 5.74) is 7.79. The van der Waals surface area contributed by atoms with Gasteiger partial charge in [-0.15, -0.1) is 11.3 Å². The fraction of sp³-hybridized carbons (Fsp3) is 0.200. The third-order valence-corrected chi connectivity index (χ3v) is 7.47. The summed E-state index contributed by atoms with van der Waals surface area (Å²) in [6.45, 7) is 0.660. The van der Waals surface area contributed by atoms with Crippen LogP contribution in [0.5, 0.6) is 0 Å². The molecule has 38 heavy (non-hydrogen) atoms. The summed E-state index contributed by atoms with van der Waals surface area (Å²) < 4.78 is 0. The van der Waals surface area contributed by atoms with Gasteiger partial charge >= 0.3 is 5.97 Å². The molecule has 8 heteroatoms. The fourth-order valence-corrected chi connectivity index (χ4v) is 5.42. The Hall–Kier alpha value is -4.48. The van der Waals surface area contributed by atoms with Crippen LogP contribution in [0.2, 0.25) is 0 Å². The van der Waals surface area contributed by atoms with E-state index < -0.39 is 5.97 Å². The van der Waals surface area contributed by atoms with Crippen LogP contribution in [0.4, 0.5) is 10.8 Å². The number of aryl methyl sites for hydroxylation is 2. The van der Waals surface area contributed by atoms with E-state index >= 15 is 0 Å². The fourth-order valence-electron chi connectivity index (χ4n) is 4.56. The average Bonchev–Trinajstić information content (AvgIpc) is 3.61. The van der Waals surface area contributed by atoms with Crippen molar-refractivity contribution in [2.75, 3.05) is 11.4 Å². The van der Waals surface area contributed by atoms with Crippen LogP contribution in [0.15, 0.2) is 72.1 Å². The van der Waals surface area contributed by atoms with E-state index in [4.69, 9.17) is 15.4 Å². The van der Waals surface area contributed by atoms with Gasteiger partial charge < -0.3 is 15.3 Å². The molecule has 190 valence electrons. The quantitative estimate of drug-likeness (QED) is 0.292. The molecule has 0 spiro atoms. The highest BCUT2D eigenvalue weighted by atomic mass is 32.1. The van der Waals surface area contributed by atoms with Crippen LogP contribution in [0.1, 0.15) is 45.5 Å². The monoisotopic (exact) mass is 522 g/mol. The maximum atomic E-state index is 12.3. The molecule has 0 radical (unpaired) electrons. The SMILES string of the molecule is N#Cc1ccc(-c2csc(N(Cc3ccc(C(=O)NCCC(=O)O)cc3)c3ccc4c(c3)CCC4)n2)cc1. The molecule has 0 bridgehead atoms. The predicted molar refractivity (Wildman–Crippen MR) is 148 cm³/mol. The minimum absolute atomic E-state index is 0.0909. The third kappa shape index (κ3) is 5.74. The van der Waals surface area contributed by atoms with Crippen molar-refractivity contribution >= 4 is 34.0 Å². The molecule has 3 aromatic carbocycles. The Bertz CT molecular complexity index is 1500. The first-order valence-electron chi connectivity index (χ1n) is 12.4. The maximum absolute atomic E-state index is 12.3. The van der Waals surface area contributed by atoms with Crippen LogP contribution >= 0.6 is 11.3 Å². The first-order chi connectivity index (χ1) is 18.5. The first-order valence-corrected chi connectivity index (χ1v) is 13.3. The van der Waals surface area contributed by atoms with Gasteiger partial charge in [0.2, 0.25) is 0 Å². The predicted octanol–water partition coefficient (Wildman–Crippen LogP) is 5.71. The smallest absolute Gasteiger partial charge is 0.305 e. The van der Waals surface area contributed by atoms with Crippen LogP contribution in [0.3, 0.4) is 0 Å². The zero-order valence-electron chi connectivity index (χ0n) is 20.7. The molecule has 1 aromatic heterocycles. The Kier molecular flexibility index (Phi) is 7.47. The largest absolute Gasteiger partial charge is 0.481 e. The van der Waals surface area contributed by atoms with Gasteiger partial charge in [0.25, 0.3) is 5.91 Å². The Labute approximate surface area is 225 Å². The van der Waals surface area contributed by atoms with Crippen LogP contribution in [-0.2, 0) is 24.2 Å². The van der Waals surface area contributed by atoms with Gasteiger partial charge in [-0.05, 0) is 72.4 Å². The molecule has 7 nitrogen and oxygen atoms in total. The topological polar surface area (TPSA) is 106 Å². The number of amides is 1. The molecule has 2 N–H and O–H groups in total. The van der Waals surface area contributed by atoms with Crippen molar-refractivity contribution in [1.82, 2.24) is 10.3 Å². The van der Waals surface area contributed by atoms with E-state index in [0.29, 0.717) is 17.7 Å². The number of benzene rings is 3. The number of anilines is 2. The van der Waals surface area contributed by atoms with E-state index in [0.717, 1.165) is 40.5 Å². The highest BCUT2D eigenvalue weighted by molar-refractivity contribution is 7.14. The number of nitrogens with one attached hydrogen (secondary N) is 1. The zero-order chi connectivity index (χ0) is 26.5. The number of carboxylic acids is 1. The molecule has 0 aliphatic heterocycles. The Morgan fingerprint density at radius 2 is 1.79 bits per heavy atom. The minimum Gasteiger partial charge on any atom is -0.481 e. The number of nitriles is 1. The average molecular weight is 523 g/mol. The van der Waals surface area contributed by atoms with Gasteiger partial charge in [0, 0.05) is 28.7 Å². The molecule has 1 aliphatic rings. The number of carboxylic acid groups (broad SMARTS) is 1. The van der Waals surface area contributed by atoms with Gasteiger partial charge in [0.15, 0.2) is 5.13 Å².